The molecule has 0 aromatic heterocycles. The second-order valence-corrected chi connectivity index (χ2v) is 3.85. The minimum atomic E-state index is 0.227. The Labute approximate surface area is 101 Å². The number of aliphatic hydroxyl groups is 1. The van der Waals surface area contributed by atoms with Gasteiger partial charge in [-0.2, -0.15) is 0 Å². The van der Waals surface area contributed by atoms with Gasteiger partial charge in [-0.15, -0.1) is 0 Å². The number of hydrogen-bond donors (Lipinski definition) is 1. The zero-order valence-corrected chi connectivity index (χ0v) is 11.1. The predicted octanol–water partition coefficient (Wildman–Crippen LogP) is 3.79. The van der Waals surface area contributed by atoms with E-state index >= 15 is 0 Å². The lowest BCUT2D eigenvalue weighted by Crippen LogP contribution is -1.86. The Kier molecular flexibility index (Phi) is 9.67. The average molecular weight is 271 g/mol. The van der Waals surface area contributed by atoms with Gasteiger partial charge in [0.05, 0.1) is 0 Å². The summed E-state index contributed by atoms with van der Waals surface area (Å²) in [5, 5.41) is 8.55. The minimum absolute atomic E-state index is 0.227. The minimum Gasteiger partial charge on any atom is -0.396 e. The molecule has 0 unspecified atom stereocenters. The Morgan fingerprint density at radius 1 is 1.47 bits per heavy atom. The Hall–Kier alpha value is -0.520. The van der Waals surface area contributed by atoms with Crippen molar-refractivity contribution in [3.63, 3.8) is 0 Å². The summed E-state index contributed by atoms with van der Waals surface area (Å²) < 4.78 is 1.20. The summed E-state index contributed by atoms with van der Waals surface area (Å²) in [6, 6.07) is 0. The monoisotopic (exact) mass is 270 g/mol. The maximum Gasteiger partial charge on any atom is 0.0440 e. The SMILES string of the molecule is CC.OCCCC#CC1=C(Br)CCC=C1. The molecular formula is C13H19BrO. The van der Waals surface area contributed by atoms with Crippen LogP contribution in [0.15, 0.2) is 22.2 Å². The first-order chi connectivity index (χ1) is 7.34. The van der Waals surface area contributed by atoms with Crippen LogP contribution in [0.1, 0.15) is 39.5 Å². The molecule has 0 heterocycles. The summed E-state index contributed by atoms with van der Waals surface area (Å²) in [7, 11) is 0. The number of unbranched alkanes of at least 4 members (excludes halogenated alkanes) is 1. The fourth-order valence-electron chi connectivity index (χ4n) is 1.07. The van der Waals surface area contributed by atoms with E-state index in [4.69, 9.17) is 5.11 Å². The number of allylic oxidation sites excluding steroid dienone is 4. The van der Waals surface area contributed by atoms with Gasteiger partial charge in [0.15, 0.2) is 0 Å². The molecule has 0 radical (unpaired) electrons. The average Bonchev–Trinajstić information content (AvgIpc) is 2.29. The number of aliphatic hydroxyl groups excluding tert-OH is 1. The molecule has 0 fully saturated rings. The first-order valence-corrected chi connectivity index (χ1v) is 6.29. The van der Waals surface area contributed by atoms with Crippen molar-refractivity contribution in [2.45, 2.75) is 39.5 Å². The lowest BCUT2D eigenvalue weighted by Gasteiger charge is -2.04. The highest BCUT2D eigenvalue weighted by molar-refractivity contribution is 9.11. The fourth-order valence-corrected chi connectivity index (χ4v) is 1.53. The van der Waals surface area contributed by atoms with Gasteiger partial charge in [0.1, 0.15) is 0 Å². The summed E-state index contributed by atoms with van der Waals surface area (Å²) in [6.45, 7) is 4.23. The van der Waals surface area contributed by atoms with E-state index in [1.54, 1.807) is 0 Å². The van der Waals surface area contributed by atoms with E-state index in [-0.39, 0.29) is 6.61 Å². The summed E-state index contributed by atoms with van der Waals surface area (Å²) >= 11 is 3.50. The predicted molar refractivity (Wildman–Crippen MR) is 69.8 cm³/mol. The molecule has 15 heavy (non-hydrogen) atoms. The first-order valence-electron chi connectivity index (χ1n) is 5.49. The summed E-state index contributed by atoms with van der Waals surface area (Å²) in [5.74, 6) is 6.13. The van der Waals surface area contributed by atoms with Crippen LogP contribution in [0.2, 0.25) is 0 Å². The highest BCUT2D eigenvalue weighted by atomic mass is 79.9. The molecule has 1 aliphatic carbocycles. The molecular weight excluding hydrogens is 252 g/mol. The molecule has 2 heteroatoms. The van der Waals surface area contributed by atoms with Gasteiger partial charge < -0.3 is 5.11 Å². The van der Waals surface area contributed by atoms with Gasteiger partial charge in [-0.3, -0.25) is 0 Å². The molecule has 0 amide bonds. The topological polar surface area (TPSA) is 20.2 Å². The molecule has 0 saturated carbocycles. The smallest absolute Gasteiger partial charge is 0.0440 e. The summed E-state index contributed by atoms with van der Waals surface area (Å²) in [6.07, 6.45) is 7.89. The van der Waals surface area contributed by atoms with Crippen LogP contribution in [-0.2, 0) is 0 Å². The third-order valence-electron chi connectivity index (χ3n) is 1.79. The molecule has 0 aromatic rings. The number of hydrogen-bond acceptors (Lipinski definition) is 1. The van der Waals surface area contributed by atoms with E-state index in [2.05, 4.69) is 39.9 Å². The van der Waals surface area contributed by atoms with Crippen molar-refractivity contribution in [2.24, 2.45) is 0 Å². The zero-order valence-electron chi connectivity index (χ0n) is 9.52. The maximum atomic E-state index is 8.55. The molecule has 0 aromatic carbocycles. The summed E-state index contributed by atoms with van der Waals surface area (Å²) in [4.78, 5) is 0. The molecule has 0 aliphatic heterocycles. The summed E-state index contributed by atoms with van der Waals surface area (Å²) in [5.41, 5.74) is 1.09. The van der Waals surface area contributed by atoms with Crippen molar-refractivity contribution in [1.29, 1.82) is 0 Å². The van der Waals surface area contributed by atoms with Crippen LogP contribution in [0.4, 0.5) is 0 Å². The van der Waals surface area contributed by atoms with E-state index in [0.717, 1.165) is 31.3 Å². The van der Waals surface area contributed by atoms with Crippen LogP contribution in [0.5, 0.6) is 0 Å². The maximum absolute atomic E-state index is 8.55. The lowest BCUT2D eigenvalue weighted by molar-refractivity contribution is 0.290. The Balaban J connectivity index is 0.000000921. The van der Waals surface area contributed by atoms with Gasteiger partial charge in [0, 0.05) is 23.1 Å². The Morgan fingerprint density at radius 3 is 2.80 bits per heavy atom. The standard InChI is InChI=1S/C11H13BrO.C2H6/c12-11-8-4-3-7-10(11)6-2-1-5-9-13;1-2/h3,7,13H,1,4-5,8-9H2;1-2H3. The zero-order chi connectivity index (χ0) is 11.5. The van der Waals surface area contributed by atoms with Gasteiger partial charge in [-0.05, 0) is 25.3 Å². The molecule has 84 valence electrons. The van der Waals surface area contributed by atoms with Crippen molar-refractivity contribution in [3.05, 3.63) is 22.2 Å². The molecule has 0 atom stereocenters. The van der Waals surface area contributed by atoms with Crippen molar-refractivity contribution in [3.8, 4) is 11.8 Å². The van der Waals surface area contributed by atoms with Gasteiger partial charge in [-0.25, -0.2) is 0 Å². The largest absolute Gasteiger partial charge is 0.396 e. The van der Waals surface area contributed by atoms with Crippen LogP contribution in [-0.4, -0.2) is 11.7 Å². The number of rotatable bonds is 2. The fraction of sp³-hybridized carbons (Fsp3) is 0.538. The molecule has 0 spiro atoms. The normalized spacial score (nSPS) is 13.9. The van der Waals surface area contributed by atoms with Crippen molar-refractivity contribution < 1.29 is 5.11 Å². The quantitative estimate of drug-likeness (QED) is 0.598. The highest BCUT2D eigenvalue weighted by Gasteiger charge is 2.01. The van der Waals surface area contributed by atoms with E-state index in [1.807, 2.05) is 13.8 Å². The van der Waals surface area contributed by atoms with Crippen LogP contribution in [0, 0.1) is 11.8 Å². The Morgan fingerprint density at radius 2 is 2.20 bits per heavy atom. The van der Waals surface area contributed by atoms with Crippen LogP contribution in [0.3, 0.4) is 0 Å². The molecule has 0 saturated heterocycles. The van der Waals surface area contributed by atoms with Gasteiger partial charge in [0.25, 0.3) is 0 Å². The van der Waals surface area contributed by atoms with Crippen LogP contribution < -0.4 is 0 Å². The number of halogens is 1. The lowest BCUT2D eigenvalue weighted by atomic mass is 10.1. The molecule has 0 bridgehead atoms. The molecule has 1 N–H and O–H groups in total. The van der Waals surface area contributed by atoms with Crippen LogP contribution in [0.25, 0.3) is 0 Å². The van der Waals surface area contributed by atoms with Crippen molar-refractivity contribution >= 4 is 15.9 Å². The van der Waals surface area contributed by atoms with Crippen LogP contribution >= 0.6 is 15.9 Å². The second-order valence-electron chi connectivity index (χ2n) is 2.89. The van der Waals surface area contributed by atoms with Crippen molar-refractivity contribution in [1.82, 2.24) is 0 Å². The molecule has 1 rings (SSSR count). The van der Waals surface area contributed by atoms with Gasteiger partial charge in [-0.1, -0.05) is 47.7 Å². The molecule has 1 aliphatic rings. The highest BCUT2D eigenvalue weighted by Crippen LogP contribution is 2.23. The van der Waals surface area contributed by atoms with E-state index < -0.39 is 0 Å². The van der Waals surface area contributed by atoms with E-state index in [1.165, 1.54) is 4.48 Å². The van der Waals surface area contributed by atoms with E-state index in [9.17, 15) is 0 Å². The second kappa shape index (κ2) is 10.0. The van der Waals surface area contributed by atoms with Gasteiger partial charge >= 0.3 is 0 Å². The molecule has 1 nitrogen and oxygen atoms in total. The van der Waals surface area contributed by atoms with E-state index in [0.29, 0.717) is 0 Å². The van der Waals surface area contributed by atoms with Gasteiger partial charge in [0.2, 0.25) is 0 Å². The van der Waals surface area contributed by atoms with Crippen molar-refractivity contribution in [2.75, 3.05) is 6.61 Å². The third kappa shape index (κ3) is 6.54. The first kappa shape index (κ1) is 14.5. The third-order valence-corrected chi connectivity index (χ3v) is 2.61. The Bertz CT molecular complexity index is 279.